The molecule has 2 amide bonds. The summed E-state index contributed by atoms with van der Waals surface area (Å²) in [6.07, 6.45) is 1.96. The van der Waals surface area contributed by atoms with Crippen molar-refractivity contribution in [1.82, 2.24) is 5.32 Å². The van der Waals surface area contributed by atoms with Crippen molar-refractivity contribution < 1.29 is 9.59 Å². The van der Waals surface area contributed by atoms with Crippen LogP contribution in [0.3, 0.4) is 0 Å². The van der Waals surface area contributed by atoms with Crippen LogP contribution < -0.4 is 16.0 Å². The van der Waals surface area contributed by atoms with E-state index < -0.39 is 0 Å². The first kappa shape index (κ1) is 14.1. The molecule has 5 heteroatoms. The molecule has 0 aromatic heterocycles. The second-order valence-corrected chi connectivity index (χ2v) is 6.04. The normalized spacial score (nSPS) is 19.5. The zero-order valence-corrected chi connectivity index (χ0v) is 12.2. The minimum Gasteiger partial charge on any atom is -0.326 e. The Morgan fingerprint density at radius 3 is 2.43 bits per heavy atom. The molecule has 0 radical (unpaired) electrons. The summed E-state index contributed by atoms with van der Waals surface area (Å²) in [5.41, 5.74) is 1.47. The van der Waals surface area contributed by atoms with Gasteiger partial charge in [-0.05, 0) is 50.0 Å². The molecule has 1 saturated carbocycles. The van der Waals surface area contributed by atoms with E-state index in [1.165, 1.54) is 0 Å². The van der Waals surface area contributed by atoms with E-state index in [2.05, 4.69) is 16.0 Å². The maximum absolute atomic E-state index is 12.2. The van der Waals surface area contributed by atoms with Crippen molar-refractivity contribution >= 4 is 23.2 Å². The van der Waals surface area contributed by atoms with Gasteiger partial charge >= 0.3 is 0 Å². The highest BCUT2D eigenvalue weighted by Crippen LogP contribution is 2.30. The first-order chi connectivity index (χ1) is 10.1. The molecule has 1 aliphatic heterocycles. The predicted molar refractivity (Wildman–Crippen MR) is 81.9 cm³/mol. The fraction of sp³-hybridized carbons (Fsp3) is 0.500. The second-order valence-electron chi connectivity index (χ2n) is 6.04. The van der Waals surface area contributed by atoms with E-state index >= 15 is 0 Å². The van der Waals surface area contributed by atoms with Crippen molar-refractivity contribution in [3.05, 3.63) is 24.3 Å². The zero-order valence-electron chi connectivity index (χ0n) is 12.2. The fourth-order valence-corrected chi connectivity index (χ4v) is 2.40. The van der Waals surface area contributed by atoms with Gasteiger partial charge in [-0.2, -0.15) is 0 Å². The quantitative estimate of drug-likeness (QED) is 0.774. The van der Waals surface area contributed by atoms with Crippen LogP contribution in [0.4, 0.5) is 11.4 Å². The van der Waals surface area contributed by atoms with E-state index in [0.29, 0.717) is 5.92 Å². The van der Waals surface area contributed by atoms with Crippen molar-refractivity contribution in [3.63, 3.8) is 0 Å². The molecular formula is C16H21N3O2. The number of carbonyl (C=O) groups is 2. The van der Waals surface area contributed by atoms with Crippen LogP contribution in [0.1, 0.15) is 19.8 Å². The summed E-state index contributed by atoms with van der Waals surface area (Å²) in [4.78, 5) is 23.9. The smallest absolute Gasteiger partial charge is 0.227 e. The van der Waals surface area contributed by atoms with E-state index in [9.17, 15) is 9.59 Å². The Hall–Kier alpha value is -1.88. The summed E-state index contributed by atoms with van der Waals surface area (Å²) in [6, 6.07) is 7.34. The van der Waals surface area contributed by atoms with E-state index in [1.807, 2.05) is 31.2 Å². The summed E-state index contributed by atoms with van der Waals surface area (Å²) < 4.78 is 0. The lowest BCUT2D eigenvalue weighted by molar-refractivity contribution is -0.121. The number of hydrogen-bond donors (Lipinski definition) is 3. The van der Waals surface area contributed by atoms with Crippen LogP contribution in [0.2, 0.25) is 0 Å². The Kier molecular flexibility index (Phi) is 3.92. The summed E-state index contributed by atoms with van der Waals surface area (Å²) in [6.45, 7) is 3.78. The third kappa shape index (κ3) is 3.42. The van der Waals surface area contributed by atoms with E-state index in [4.69, 9.17) is 0 Å². The molecule has 5 nitrogen and oxygen atoms in total. The number of hydrogen-bond acceptors (Lipinski definition) is 3. The van der Waals surface area contributed by atoms with Gasteiger partial charge in [0.05, 0.1) is 0 Å². The molecule has 112 valence electrons. The average molecular weight is 287 g/mol. The number of rotatable bonds is 5. The van der Waals surface area contributed by atoms with Crippen molar-refractivity contribution in [2.75, 3.05) is 23.7 Å². The van der Waals surface area contributed by atoms with Gasteiger partial charge in [0.25, 0.3) is 0 Å². The summed E-state index contributed by atoms with van der Waals surface area (Å²) in [7, 11) is 0. The fourth-order valence-electron chi connectivity index (χ4n) is 2.40. The maximum atomic E-state index is 12.2. The standard InChI is InChI=1S/C16H21N3O2/c1-10(12-8-17-9-12)15(20)18-13-3-2-4-14(7-13)19-16(21)11-5-6-11/h2-4,7,10-12,17H,5-6,8-9H2,1H3,(H,18,20)(H,19,21). The van der Waals surface area contributed by atoms with Gasteiger partial charge in [-0.15, -0.1) is 0 Å². The molecule has 1 aliphatic carbocycles. The van der Waals surface area contributed by atoms with Gasteiger partial charge in [0, 0.05) is 23.2 Å². The van der Waals surface area contributed by atoms with Gasteiger partial charge in [0.15, 0.2) is 0 Å². The molecule has 0 bridgehead atoms. The summed E-state index contributed by atoms with van der Waals surface area (Å²) >= 11 is 0. The molecule has 1 atom stereocenters. The van der Waals surface area contributed by atoms with E-state index in [1.54, 1.807) is 0 Å². The minimum absolute atomic E-state index is 0.00374. The number of carbonyl (C=O) groups excluding carboxylic acids is 2. The molecule has 1 unspecified atom stereocenters. The molecule has 3 rings (SSSR count). The lowest BCUT2D eigenvalue weighted by atomic mass is 9.88. The molecule has 2 aliphatic rings. The van der Waals surface area contributed by atoms with Gasteiger partial charge in [0.2, 0.25) is 11.8 Å². The van der Waals surface area contributed by atoms with Gasteiger partial charge in [-0.1, -0.05) is 13.0 Å². The Bertz CT molecular complexity index is 550. The number of nitrogens with one attached hydrogen (secondary N) is 3. The first-order valence-electron chi connectivity index (χ1n) is 7.56. The lowest BCUT2D eigenvalue weighted by Crippen LogP contribution is -2.48. The molecule has 2 fully saturated rings. The maximum Gasteiger partial charge on any atom is 0.227 e. The first-order valence-corrected chi connectivity index (χ1v) is 7.56. The SMILES string of the molecule is CC(C(=O)Nc1cccc(NC(=O)C2CC2)c1)C1CNC1. The monoisotopic (exact) mass is 287 g/mol. The highest BCUT2D eigenvalue weighted by atomic mass is 16.2. The Morgan fingerprint density at radius 2 is 1.86 bits per heavy atom. The van der Waals surface area contributed by atoms with Crippen LogP contribution in [0, 0.1) is 17.8 Å². The van der Waals surface area contributed by atoms with Crippen molar-refractivity contribution in [2.45, 2.75) is 19.8 Å². The molecular weight excluding hydrogens is 266 g/mol. The van der Waals surface area contributed by atoms with E-state index in [0.717, 1.165) is 37.3 Å². The molecule has 3 N–H and O–H groups in total. The highest BCUT2D eigenvalue weighted by Gasteiger charge is 2.30. The Morgan fingerprint density at radius 1 is 1.19 bits per heavy atom. The third-order valence-electron chi connectivity index (χ3n) is 4.28. The molecule has 1 aromatic rings. The van der Waals surface area contributed by atoms with Crippen LogP contribution >= 0.6 is 0 Å². The van der Waals surface area contributed by atoms with Crippen LogP contribution in [-0.2, 0) is 9.59 Å². The zero-order chi connectivity index (χ0) is 14.8. The number of anilines is 2. The van der Waals surface area contributed by atoms with Gasteiger partial charge in [-0.3, -0.25) is 9.59 Å². The highest BCUT2D eigenvalue weighted by molar-refractivity contribution is 5.96. The summed E-state index contributed by atoms with van der Waals surface area (Å²) in [5, 5.41) is 9.00. The minimum atomic E-state index is -0.00374. The van der Waals surface area contributed by atoms with Crippen LogP contribution in [0.25, 0.3) is 0 Å². The number of amides is 2. The Balaban J connectivity index is 1.59. The third-order valence-corrected chi connectivity index (χ3v) is 4.28. The summed E-state index contributed by atoms with van der Waals surface area (Å²) in [5.74, 6) is 0.702. The van der Waals surface area contributed by atoms with Gasteiger partial charge < -0.3 is 16.0 Å². The van der Waals surface area contributed by atoms with Crippen LogP contribution in [0.15, 0.2) is 24.3 Å². The van der Waals surface area contributed by atoms with E-state index in [-0.39, 0.29) is 23.7 Å². The topological polar surface area (TPSA) is 70.2 Å². The van der Waals surface area contributed by atoms with Crippen molar-refractivity contribution in [2.24, 2.45) is 17.8 Å². The lowest BCUT2D eigenvalue weighted by Gasteiger charge is -2.31. The molecule has 21 heavy (non-hydrogen) atoms. The van der Waals surface area contributed by atoms with Gasteiger partial charge in [-0.25, -0.2) is 0 Å². The Labute approximate surface area is 124 Å². The van der Waals surface area contributed by atoms with Gasteiger partial charge in [0.1, 0.15) is 0 Å². The predicted octanol–water partition coefficient (Wildman–Crippen LogP) is 1.83. The molecule has 1 heterocycles. The van der Waals surface area contributed by atoms with Crippen molar-refractivity contribution in [3.8, 4) is 0 Å². The molecule has 1 saturated heterocycles. The van der Waals surface area contributed by atoms with Crippen molar-refractivity contribution in [1.29, 1.82) is 0 Å². The largest absolute Gasteiger partial charge is 0.326 e. The van der Waals surface area contributed by atoms with Crippen LogP contribution in [0.5, 0.6) is 0 Å². The average Bonchev–Trinajstić information content (AvgIpc) is 3.21. The molecule has 1 aromatic carbocycles. The number of benzene rings is 1. The second kappa shape index (κ2) is 5.85. The van der Waals surface area contributed by atoms with Crippen LogP contribution in [-0.4, -0.2) is 24.9 Å². The molecule has 0 spiro atoms.